The predicted octanol–water partition coefficient (Wildman–Crippen LogP) is 4.15. The molecule has 1 aromatic heterocycles. The monoisotopic (exact) mass is 291 g/mol. The van der Waals surface area contributed by atoms with Gasteiger partial charge in [-0.25, -0.2) is 4.98 Å². The van der Waals surface area contributed by atoms with Crippen molar-refractivity contribution in [1.29, 1.82) is 0 Å². The number of hydrogen-bond donors (Lipinski definition) is 0. The molecule has 0 fully saturated rings. The predicted molar refractivity (Wildman–Crippen MR) is 70.3 cm³/mol. The minimum Gasteiger partial charge on any atom is -0.246 e. The largest absolute Gasteiger partial charge is 0.246 e. The van der Waals surface area contributed by atoms with Gasteiger partial charge in [-0.1, -0.05) is 23.7 Å². The Morgan fingerprint density at radius 2 is 1.88 bits per heavy atom. The van der Waals surface area contributed by atoms with Crippen LogP contribution in [0.25, 0.3) is 11.1 Å². The molecule has 0 saturated heterocycles. The minimum absolute atomic E-state index is 0.609. The molecular formula is C13H7BrClN. The minimum atomic E-state index is 0.609. The van der Waals surface area contributed by atoms with Crippen LogP contribution in [0.3, 0.4) is 0 Å². The fourth-order valence-electron chi connectivity index (χ4n) is 1.34. The Bertz CT molecular complexity index is 555. The highest BCUT2D eigenvalue weighted by atomic mass is 79.9. The Morgan fingerprint density at radius 3 is 2.44 bits per heavy atom. The first-order valence-corrected chi connectivity index (χ1v) is 5.76. The number of aromatic nitrogens is 1. The van der Waals surface area contributed by atoms with Crippen molar-refractivity contribution in [3.05, 3.63) is 51.7 Å². The van der Waals surface area contributed by atoms with E-state index in [9.17, 15) is 0 Å². The van der Waals surface area contributed by atoms with Crippen LogP contribution in [0.5, 0.6) is 0 Å². The SMILES string of the molecule is C#Cc1ncc(-c2ccc(Cl)cc2)cc1Br. The van der Waals surface area contributed by atoms with Crippen molar-refractivity contribution in [2.75, 3.05) is 0 Å². The molecule has 0 aliphatic rings. The van der Waals surface area contributed by atoms with Gasteiger partial charge in [0, 0.05) is 16.8 Å². The first kappa shape index (κ1) is 11.2. The molecule has 2 rings (SSSR count). The zero-order chi connectivity index (χ0) is 11.5. The maximum Gasteiger partial charge on any atom is 0.127 e. The van der Waals surface area contributed by atoms with Crippen LogP contribution < -0.4 is 0 Å². The third-order valence-electron chi connectivity index (χ3n) is 2.16. The van der Waals surface area contributed by atoms with E-state index in [0.29, 0.717) is 5.69 Å². The van der Waals surface area contributed by atoms with E-state index in [4.69, 9.17) is 18.0 Å². The summed E-state index contributed by atoms with van der Waals surface area (Å²) in [6, 6.07) is 9.54. The van der Waals surface area contributed by atoms with Gasteiger partial charge in [0.1, 0.15) is 5.69 Å². The first-order valence-electron chi connectivity index (χ1n) is 4.59. The van der Waals surface area contributed by atoms with Crippen LogP contribution in [-0.4, -0.2) is 4.98 Å². The average molecular weight is 293 g/mol. The average Bonchev–Trinajstić information content (AvgIpc) is 2.30. The summed E-state index contributed by atoms with van der Waals surface area (Å²) in [5.41, 5.74) is 2.67. The highest BCUT2D eigenvalue weighted by molar-refractivity contribution is 9.10. The molecule has 16 heavy (non-hydrogen) atoms. The summed E-state index contributed by atoms with van der Waals surface area (Å²) in [5.74, 6) is 2.50. The molecular weight excluding hydrogens is 286 g/mol. The fraction of sp³-hybridized carbons (Fsp3) is 0. The van der Waals surface area contributed by atoms with E-state index in [2.05, 4.69) is 26.8 Å². The standard InChI is InChI=1S/C13H7BrClN/c1-2-13-12(14)7-10(8-16-13)9-3-5-11(15)6-4-9/h1,3-8H. The Labute approximate surface area is 108 Å². The maximum atomic E-state index is 5.83. The maximum absolute atomic E-state index is 5.83. The second-order valence-corrected chi connectivity index (χ2v) is 4.50. The molecule has 1 aromatic carbocycles. The Kier molecular flexibility index (Phi) is 3.28. The highest BCUT2D eigenvalue weighted by Crippen LogP contribution is 2.25. The Balaban J connectivity index is 2.46. The topological polar surface area (TPSA) is 12.9 Å². The summed E-state index contributed by atoms with van der Waals surface area (Å²) in [6.07, 6.45) is 7.05. The molecule has 78 valence electrons. The molecule has 0 unspecified atom stereocenters. The van der Waals surface area contributed by atoms with Crippen molar-refractivity contribution < 1.29 is 0 Å². The number of terminal acetylenes is 1. The third-order valence-corrected chi connectivity index (χ3v) is 3.01. The first-order chi connectivity index (χ1) is 7.70. The lowest BCUT2D eigenvalue weighted by Gasteiger charge is -2.03. The van der Waals surface area contributed by atoms with E-state index in [1.165, 1.54) is 0 Å². The summed E-state index contributed by atoms with van der Waals surface area (Å²) < 4.78 is 0.822. The van der Waals surface area contributed by atoms with Crippen molar-refractivity contribution in [3.8, 4) is 23.5 Å². The van der Waals surface area contributed by atoms with E-state index in [-0.39, 0.29) is 0 Å². The van der Waals surface area contributed by atoms with Crippen molar-refractivity contribution >= 4 is 27.5 Å². The van der Waals surface area contributed by atoms with Crippen LogP contribution >= 0.6 is 27.5 Å². The van der Waals surface area contributed by atoms with Crippen LogP contribution in [0.2, 0.25) is 5.02 Å². The normalized spacial score (nSPS) is 9.81. The van der Waals surface area contributed by atoms with Gasteiger partial charge in [-0.3, -0.25) is 0 Å². The highest BCUT2D eigenvalue weighted by Gasteiger charge is 2.02. The number of pyridine rings is 1. The zero-order valence-corrected chi connectivity index (χ0v) is 10.6. The lowest BCUT2D eigenvalue weighted by molar-refractivity contribution is 1.27. The van der Waals surface area contributed by atoms with Gasteiger partial charge >= 0.3 is 0 Å². The lowest BCUT2D eigenvalue weighted by Crippen LogP contribution is -1.86. The zero-order valence-electron chi connectivity index (χ0n) is 8.24. The Hall–Kier alpha value is -1.30. The summed E-state index contributed by atoms with van der Waals surface area (Å²) in [6.45, 7) is 0. The van der Waals surface area contributed by atoms with Gasteiger partial charge in [0.05, 0.1) is 4.47 Å². The van der Waals surface area contributed by atoms with E-state index in [0.717, 1.165) is 20.6 Å². The van der Waals surface area contributed by atoms with E-state index < -0.39 is 0 Å². The van der Waals surface area contributed by atoms with Crippen LogP contribution in [0.1, 0.15) is 5.69 Å². The molecule has 1 nitrogen and oxygen atoms in total. The van der Waals surface area contributed by atoms with Crippen LogP contribution in [0, 0.1) is 12.3 Å². The molecule has 2 aromatic rings. The molecule has 0 amide bonds. The summed E-state index contributed by atoms with van der Waals surface area (Å²) in [7, 11) is 0. The fourth-order valence-corrected chi connectivity index (χ4v) is 1.93. The molecule has 0 N–H and O–H groups in total. The summed E-state index contributed by atoms with van der Waals surface area (Å²) in [5, 5.41) is 0.719. The molecule has 0 spiro atoms. The molecule has 1 heterocycles. The van der Waals surface area contributed by atoms with Gasteiger partial charge < -0.3 is 0 Å². The molecule has 3 heteroatoms. The van der Waals surface area contributed by atoms with E-state index in [1.54, 1.807) is 6.20 Å². The van der Waals surface area contributed by atoms with Crippen LogP contribution in [0.4, 0.5) is 0 Å². The van der Waals surface area contributed by atoms with Gasteiger partial charge in [-0.05, 0) is 45.6 Å². The van der Waals surface area contributed by atoms with Crippen LogP contribution in [0.15, 0.2) is 41.0 Å². The van der Waals surface area contributed by atoms with Crippen molar-refractivity contribution in [2.24, 2.45) is 0 Å². The molecule has 0 radical (unpaired) electrons. The van der Waals surface area contributed by atoms with Crippen molar-refractivity contribution in [2.45, 2.75) is 0 Å². The number of rotatable bonds is 1. The molecule has 0 aliphatic carbocycles. The smallest absolute Gasteiger partial charge is 0.127 e. The van der Waals surface area contributed by atoms with Gasteiger partial charge in [0.25, 0.3) is 0 Å². The lowest BCUT2D eigenvalue weighted by atomic mass is 10.1. The quantitative estimate of drug-likeness (QED) is 0.720. The van der Waals surface area contributed by atoms with Gasteiger partial charge in [0.15, 0.2) is 0 Å². The second kappa shape index (κ2) is 4.69. The summed E-state index contributed by atoms with van der Waals surface area (Å²) >= 11 is 9.21. The molecule has 0 bridgehead atoms. The van der Waals surface area contributed by atoms with E-state index in [1.807, 2.05) is 30.3 Å². The number of benzene rings is 1. The van der Waals surface area contributed by atoms with Gasteiger partial charge in [0.2, 0.25) is 0 Å². The van der Waals surface area contributed by atoms with Crippen molar-refractivity contribution in [1.82, 2.24) is 4.98 Å². The van der Waals surface area contributed by atoms with Crippen molar-refractivity contribution in [3.63, 3.8) is 0 Å². The number of halogens is 2. The number of nitrogens with zero attached hydrogens (tertiary/aromatic N) is 1. The third kappa shape index (κ3) is 2.27. The van der Waals surface area contributed by atoms with Gasteiger partial charge in [-0.2, -0.15) is 0 Å². The molecule has 0 aliphatic heterocycles. The number of hydrogen-bond acceptors (Lipinski definition) is 1. The summed E-state index contributed by atoms with van der Waals surface area (Å²) in [4.78, 5) is 4.18. The Morgan fingerprint density at radius 1 is 1.19 bits per heavy atom. The second-order valence-electron chi connectivity index (χ2n) is 3.21. The van der Waals surface area contributed by atoms with Crippen LogP contribution in [-0.2, 0) is 0 Å². The van der Waals surface area contributed by atoms with E-state index >= 15 is 0 Å². The molecule has 0 atom stereocenters. The molecule has 0 saturated carbocycles. The van der Waals surface area contributed by atoms with Gasteiger partial charge in [-0.15, -0.1) is 6.42 Å².